The fourth-order valence-electron chi connectivity index (χ4n) is 5.45. The summed E-state index contributed by atoms with van der Waals surface area (Å²) in [5.74, 6) is 0.358. The van der Waals surface area contributed by atoms with E-state index >= 15 is 0 Å². The van der Waals surface area contributed by atoms with E-state index in [1.165, 1.54) is 10.1 Å². The molecule has 4 rings (SSSR count). The first-order valence-corrected chi connectivity index (χ1v) is 13.9. The maximum absolute atomic E-state index is 13.6. The number of rotatable bonds is 14. The molecule has 2 fully saturated rings. The number of piperidine rings is 1. The van der Waals surface area contributed by atoms with Gasteiger partial charge in [-0.15, -0.1) is 0 Å². The number of ether oxygens (including phenoxy) is 4. The molecular weight excluding hydrogens is 498 g/mol. The van der Waals surface area contributed by atoms with Crippen LogP contribution in [0.2, 0.25) is 0 Å². The maximum atomic E-state index is 13.6. The fourth-order valence-corrected chi connectivity index (χ4v) is 5.45. The van der Waals surface area contributed by atoms with Gasteiger partial charge in [0.2, 0.25) is 5.91 Å². The molecule has 1 aliphatic carbocycles. The first-order chi connectivity index (χ1) is 18.9. The SMILES string of the molecule is COCCCc1cc(CN2CCC(OC)(c3ccn(C)c(=O)c3)C(C(=O)NC3CC3)C2)cc(OCCOC)c1. The van der Waals surface area contributed by atoms with E-state index < -0.39 is 11.5 Å². The number of benzene rings is 1. The van der Waals surface area contributed by atoms with Crippen molar-refractivity contribution in [1.82, 2.24) is 14.8 Å². The van der Waals surface area contributed by atoms with E-state index in [1.54, 1.807) is 40.6 Å². The fraction of sp³-hybridized carbons (Fsp3) is 0.600. The van der Waals surface area contributed by atoms with E-state index in [0.29, 0.717) is 39.3 Å². The van der Waals surface area contributed by atoms with E-state index in [0.717, 1.165) is 49.1 Å². The van der Waals surface area contributed by atoms with E-state index in [4.69, 9.17) is 18.9 Å². The number of carbonyl (C=O) groups excluding carboxylic acids is 1. The molecule has 2 aromatic rings. The summed E-state index contributed by atoms with van der Waals surface area (Å²) >= 11 is 0. The molecule has 9 heteroatoms. The van der Waals surface area contributed by atoms with Gasteiger partial charge in [-0.05, 0) is 67.0 Å². The minimum absolute atomic E-state index is 0.0124. The molecule has 1 aromatic carbocycles. The third-order valence-electron chi connectivity index (χ3n) is 7.80. The van der Waals surface area contributed by atoms with Crippen molar-refractivity contribution in [2.75, 3.05) is 54.2 Å². The second-order valence-corrected chi connectivity index (χ2v) is 10.7. The summed E-state index contributed by atoms with van der Waals surface area (Å²) in [7, 11) is 6.75. The largest absolute Gasteiger partial charge is 0.491 e. The Balaban J connectivity index is 1.57. The van der Waals surface area contributed by atoms with Gasteiger partial charge in [-0.2, -0.15) is 0 Å². The monoisotopic (exact) mass is 541 g/mol. The second kappa shape index (κ2) is 13.6. The van der Waals surface area contributed by atoms with Crippen LogP contribution in [0.1, 0.15) is 42.4 Å². The zero-order valence-corrected chi connectivity index (χ0v) is 23.7. The number of hydrogen-bond acceptors (Lipinski definition) is 7. The zero-order valence-electron chi connectivity index (χ0n) is 23.7. The summed E-state index contributed by atoms with van der Waals surface area (Å²) in [5.41, 5.74) is 2.12. The van der Waals surface area contributed by atoms with Crippen molar-refractivity contribution < 1.29 is 23.7 Å². The Morgan fingerprint density at radius 1 is 1.05 bits per heavy atom. The van der Waals surface area contributed by atoms with Crippen LogP contribution in [0, 0.1) is 5.92 Å². The molecule has 2 unspecified atom stereocenters. The number of nitrogens with zero attached hydrogens (tertiary/aromatic N) is 2. The first-order valence-electron chi connectivity index (χ1n) is 13.9. The van der Waals surface area contributed by atoms with E-state index in [1.807, 2.05) is 6.07 Å². The third-order valence-corrected chi connectivity index (χ3v) is 7.80. The zero-order chi connectivity index (χ0) is 27.8. The summed E-state index contributed by atoms with van der Waals surface area (Å²) in [6, 6.07) is 10.1. The van der Waals surface area contributed by atoms with Crippen LogP contribution in [0.5, 0.6) is 5.75 Å². The number of likely N-dealkylation sites (tertiary alicyclic amines) is 1. The molecule has 1 aromatic heterocycles. The number of aryl methyl sites for hydroxylation is 2. The van der Waals surface area contributed by atoms with Crippen molar-refractivity contribution >= 4 is 5.91 Å². The van der Waals surface area contributed by atoms with Gasteiger partial charge in [-0.3, -0.25) is 14.5 Å². The third kappa shape index (κ3) is 7.48. The number of hydrogen-bond donors (Lipinski definition) is 1. The summed E-state index contributed by atoms with van der Waals surface area (Å²) in [6.45, 7) is 3.64. The van der Waals surface area contributed by atoms with Gasteiger partial charge in [0, 0.05) is 72.9 Å². The number of nitrogens with one attached hydrogen (secondary N) is 1. The highest BCUT2D eigenvalue weighted by Crippen LogP contribution is 2.41. The summed E-state index contributed by atoms with van der Waals surface area (Å²) in [4.78, 5) is 28.4. The summed E-state index contributed by atoms with van der Waals surface area (Å²) in [6.07, 6.45) is 6.19. The Bertz CT molecular complexity index is 1140. The van der Waals surface area contributed by atoms with Crippen LogP contribution in [0.4, 0.5) is 0 Å². The summed E-state index contributed by atoms with van der Waals surface area (Å²) < 4.78 is 24.1. The van der Waals surface area contributed by atoms with E-state index in [-0.39, 0.29) is 17.5 Å². The highest BCUT2D eigenvalue weighted by Gasteiger charge is 2.49. The van der Waals surface area contributed by atoms with Gasteiger partial charge >= 0.3 is 0 Å². The van der Waals surface area contributed by atoms with Gasteiger partial charge in [-0.25, -0.2) is 0 Å². The van der Waals surface area contributed by atoms with Gasteiger partial charge < -0.3 is 28.8 Å². The number of aromatic nitrogens is 1. The number of carbonyl (C=O) groups is 1. The smallest absolute Gasteiger partial charge is 0.250 e. The molecule has 0 spiro atoms. The maximum Gasteiger partial charge on any atom is 0.250 e. The molecule has 1 N–H and O–H groups in total. The average molecular weight is 542 g/mol. The van der Waals surface area contributed by atoms with Crippen molar-refractivity contribution in [1.29, 1.82) is 0 Å². The normalized spacial score (nSPS) is 21.6. The second-order valence-electron chi connectivity index (χ2n) is 10.7. The van der Waals surface area contributed by atoms with Crippen molar-refractivity contribution in [2.45, 2.75) is 50.3 Å². The van der Waals surface area contributed by atoms with Crippen molar-refractivity contribution in [3.8, 4) is 5.75 Å². The lowest BCUT2D eigenvalue weighted by Crippen LogP contribution is -2.56. The van der Waals surface area contributed by atoms with Crippen LogP contribution in [0.25, 0.3) is 0 Å². The van der Waals surface area contributed by atoms with E-state index in [9.17, 15) is 9.59 Å². The molecular formula is C30H43N3O6. The van der Waals surface area contributed by atoms with Crippen molar-refractivity contribution in [3.05, 3.63) is 63.6 Å². The lowest BCUT2D eigenvalue weighted by Gasteiger charge is -2.46. The molecule has 1 amide bonds. The highest BCUT2D eigenvalue weighted by molar-refractivity contribution is 5.81. The van der Waals surface area contributed by atoms with E-state index in [2.05, 4.69) is 28.4 Å². The number of amides is 1. The Kier molecular flexibility index (Phi) is 10.2. The quantitative estimate of drug-likeness (QED) is 0.368. The van der Waals surface area contributed by atoms with Crippen LogP contribution in [-0.2, 0) is 44.6 Å². The van der Waals surface area contributed by atoms with Gasteiger partial charge in [0.1, 0.15) is 18.0 Å². The molecule has 0 bridgehead atoms. The van der Waals surface area contributed by atoms with Crippen LogP contribution in [0.3, 0.4) is 0 Å². The molecule has 214 valence electrons. The predicted molar refractivity (Wildman–Crippen MR) is 149 cm³/mol. The van der Waals surface area contributed by atoms with Gasteiger partial charge in [-0.1, -0.05) is 6.07 Å². The molecule has 39 heavy (non-hydrogen) atoms. The molecule has 1 aliphatic heterocycles. The van der Waals surface area contributed by atoms with Gasteiger partial charge in [0.15, 0.2) is 0 Å². The van der Waals surface area contributed by atoms with Crippen LogP contribution < -0.4 is 15.6 Å². The number of methoxy groups -OCH3 is 3. The Labute approximate surface area is 231 Å². The molecule has 1 saturated carbocycles. The Morgan fingerprint density at radius 2 is 1.82 bits per heavy atom. The first kappa shape index (κ1) is 29.3. The molecule has 2 aliphatic rings. The lowest BCUT2D eigenvalue weighted by molar-refractivity contribution is -0.151. The van der Waals surface area contributed by atoms with Crippen LogP contribution in [-0.4, -0.2) is 75.7 Å². The van der Waals surface area contributed by atoms with Crippen molar-refractivity contribution in [2.24, 2.45) is 13.0 Å². The molecule has 2 heterocycles. The average Bonchev–Trinajstić information content (AvgIpc) is 3.74. The van der Waals surface area contributed by atoms with Gasteiger partial charge in [0.25, 0.3) is 5.56 Å². The predicted octanol–water partition coefficient (Wildman–Crippen LogP) is 2.63. The van der Waals surface area contributed by atoms with Crippen molar-refractivity contribution in [3.63, 3.8) is 0 Å². The molecule has 9 nitrogen and oxygen atoms in total. The minimum Gasteiger partial charge on any atom is -0.491 e. The van der Waals surface area contributed by atoms with Crippen LogP contribution >= 0.6 is 0 Å². The highest BCUT2D eigenvalue weighted by atomic mass is 16.5. The van der Waals surface area contributed by atoms with Crippen LogP contribution in [0.15, 0.2) is 41.3 Å². The lowest BCUT2D eigenvalue weighted by atomic mass is 9.75. The minimum atomic E-state index is -0.862. The Hall–Kier alpha value is -2.72. The molecule has 0 radical (unpaired) electrons. The summed E-state index contributed by atoms with van der Waals surface area (Å²) in [5, 5.41) is 3.20. The standard InChI is InChI=1S/C30H43N3O6/c1-32-11-9-24(19-28(32)34)30(38-4)10-12-33(21-27(30)29(35)31-25-7-8-25)20-23-16-22(6-5-13-36-2)17-26(18-23)39-15-14-37-3/h9,11,16-19,25,27H,5-8,10,12-15,20-21H2,1-4H3,(H,31,35). The topological polar surface area (TPSA) is 91.3 Å². The molecule has 2 atom stereocenters. The Morgan fingerprint density at radius 3 is 2.51 bits per heavy atom. The number of pyridine rings is 1. The van der Waals surface area contributed by atoms with Gasteiger partial charge in [0.05, 0.1) is 12.5 Å². The molecule has 1 saturated heterocycles.